The highest BCUT2D eigenvalue weighted by Gasteiger charge is 2.34. The number of hydrogen-bond acceptors (Lipinski definition) is 5. The highest BCUT2D eigenvalue weighted by molar-refractivity contribution is 6.00. The SMILES string of the molecule is Cc1cc(NC(=O)C2CCCN2C(=O)CCC(=O)c2ccccc2C)no1. The zero-order chi connectivity index (χ0) is 19.4. The molecule has 0 aliphatic carbocycles. The van der Waals surface area contributed by atoms with Crippen molar-refractivity contribution >= 4 is 23.4 Å². The molecule has 2 amide bonds. The number of carbonyl (C=O) groups excluding carboxylic acids is 3. The molecule has 0 saturated carbocycles. The van der Waals surface area contributed by atoms with Crippen LogP contribution in [0.3, 0.4) is 0 Å². The third-order valence-electron chi connectivity index (χ3n) is 4.77. The van der Waals surface area contributed by atoms with E-state index in [-0.39, 0.29) is 30.4 Å². The van der Waals surface area contributed by atoms with E-state index in [9.17, 15) is 14.4 Å². The zero-order valence-electron chi connectivity index (χ0n) is 15.5. The van der Waals surface area contributed by atoms with Crippen LogP contribution in [0.25, 0.3) is 0 Å². The Morgan fingerprint density at radius 2 is 2.00 bits per heavy atom. The fourth-order valence-corrected chi connectivity index (χ4v) is 3.36. The van der Waals surface area contributed by atoms with Gasteiger partial charge in [-0.2, -0.15) is 0 Å². The number of rotatable bonds is 6. The number of likely N-dealkylation sites (tertiary alicyclic amines) is 1. The summed E-state index contributed by atoms with van der Waals surface area (Å²) in [6.07, 6.45) is 1.59. The van der Waals surface area contributed by atoms with Crippen LogP contribution in [0.4, 0.5) is 5.82 Å². The Morgan fingerprint density at radius 1 is 1.22 bits per heavy atom. The van der Waals surface area contributed by atoms with Crippen molar-refractivity contribution < 1.29 is 18.9 Å². The Morgan fingerprint density at radius 3 is 2.70 bits per heavy atom. The second-order valence-corrected chi connectivity index (χ2v) is 6.80. The van der Waals surface area contributed by atoms with E-state index in [2.05, 4.69) is 10.5 Å². The Labute approximate surface area is 157 Å². The van der Waals surface area contributed by atoms with E-state index < -0.39 is 6.04 Å². The van der Waals surface area contributed by atoms with Crippen LogP contribution in [0.1, 0.15) is 47.4 Å². The second kappa shape index (κ2) is 8.16. The van der Waals surface area contributed by atoms with Crippen molar-refractivity contribution in [1.82, 2.24) is 10.1 Å². The van der Waals surface area contributed by atoms with Crippen molar-refractivity contribution in [1.29, 1.82) is 0 Å². The Bertz CT molecular complexity index is 858. The smallest absolute Gasteiger partial charge is 0.248 e. The minimum absolute atomic E-state index is 0.0558. The van der Waals surface area contributed by atoms with Gasteiger partial charge in [0.05, 0.1) is 0 Å². The summed E-state index contributed by atoms with van der Waals surface area (Å²) in [4.78, 5) is 39.0. The summed E-state index contributed by atoms with van der Waals surface area (Å²) in [5.74, 6) is 0.427. The minimum Gasteiger partial charge on any atom is -0.360 e. The maximum absolute atomic E-state index is 12.6. The lowest BCUT2D eigenvalue weighted by atomic mass is 10.0. The molecule has 0 radical (unpaired) electrons. The standard InChI is InChI=1S/C20H23N3O4/c1-13-6-3-4-7-15(13)17(24)9-10-19(25)23-11-5-8-16(23)20(26)21-18-12-14(2)27-22-18/h3-4,6-7,12,16H,5,8-11H2,1-2H3,(H,21,22,26). The number of hydrogen-bond donors (Lipinski definition) is 1. The van der Waals surface area contributed by atoms with Crippen LogP contribution in [0, 0.1) is 13.8 Å². The molecule has 0 spiro atoms. The lowest BCUT2D eigenvalue weighted by Gasteiger charge is -2.23. The van der Waals surface area contributed by atoms with Crippen LogP contribution in [-0.4, -0.2) is 40.2 Å². The summed E-state index contributed by atoms with van der Waals surface area (Å²) in [6, 6.07) is 8.42. The fourth-order valence-electron chi connectivity index (χ4n) is 3.36. The normalized spacial score (nSPS) is 16.4. The highest BCUT2D eigenvalue weighted by Crippen LogP contribution is 2.21. The number of benzene rings is 1. The van der Waals surface area contributed by atoms with Gasteiger partial charge in [-0.15, -0.1) is 0 Å². The third-order valence-corrected chi connectivity index (χ3v) is 4.77. The molecule has 27 heavy (non-hydrogen) atoms. The molecule has 1 atom stereocenters. The third kappa shape index (κ3) is 4.42. The monoisotopic (exact) mass is 369 g/mol. The van der Waals surface area contributed by atoms with Crippen LogP contribution >= 0.6 is 0 Å². The molecule has 1 N–H and O–H groups in total. The number of ketones is 1. The molecule has 1 fully saturated rings. The summed E-state index contributed by atoms with van der Waals surface area (Å²) in [5, 5.41) is 6.43. The Kier molecular flexibility index (Phi) is 5.69. The second-order valence-electron chi connectivity index (χ2n) is 6.80. The molecule has 1 unspecified atom stereocenters. The van der Waals surface area contributed by atoms with Gasteiger partial charge in [-0.3, -0.25) is 14.4 Å². The summed E-state index contributed by atoms with van der Waals surface area (Å²) in [7, 11) is 0. The van der Waals surface area contributed by atoms with Gasteiger partial charge in [-0.05, 0) is 32.3 Å². The number of amides is 2. The summed E-state index contributed by atoms with van der Waals surface area (Å²) >= 11 is 0. The summed E-state index contributed by atoms with van der Waals surface area (Å²) < 4.78 is 4.94. The predicted octanol–water partition coefficient (Wildman–Crippen LogP) is 2.88. The van der Waals surface area contributed by atoms with Crippen LogP contribution in [-0.2, 0) is 9.59 Å². The molecule has 1 aromatic heterocycles. The van der Waals surface area contributed by atoms with E-state index in [0.717, 1.165) is 12.0 Å². The number of nitrogens with one attached hydrogen (secondary N) is 1. The van der Waals surface area contributed by atoms with Crippen LogP contribution in [0.5, 0.6) is 0 Å². The van der Waals surface area contributed by atoms with Crippen LogP contribution < -0.4 is 5.32 Å². The first-order valence-corrected chi connectivity index (χ1v) is 9.08. The summed E-state index contributed by atoms with van der Waals surface area (Å²) in [6.45, 7) is 4.13. The molecular formula is C20H23N3O4. The van der Waals surface area contributed by atoms with E-state index in [0.29, 0.717) is 30.1 Å². The van der Waals surface area contributed by atoms with Gasteiger partial charge in [0.2, 0.25) is 11.8 Å². The van der Waals surface area contributed by atoms with Gasteiger partial charge in [-0.1, -0.05) is 29.4 Å². The van der Waals surface area contributed by atoms with Gasteiger partial charge in [0.25, 0.3) is 0 Å². The maximum Gasteiger partial charge on any atom is 0.248 e. The molecule has 142 valence electrons. The highest BCUT2D eigenvalue weighted by atomic mass is 16.5. The number of nitrogens with zero attached hydrogens (tertiary/aromatic N) is 2. The average Bonchev–Trinajstić information content (AvgIpc) is 3.29. The van der Waals surface area contributed by atoms with Gasteiger partial charge in [0, 0.05) is 31.0 Å². The van der Waals surface area contributed by atoms with Crippen LogP contribution in [0.15, 0.2) is 34.9 Å². The number of Topliss-reactive ketones (excluding diaryl/α,β-unsaturated/α-hetero) is 1. The van der Waals surface area contributed by atoms with Gasteiger partial charge in [0.1, 0.15) is 11.8 Å². The molecule has 3 rings (SSSR count). The van der Waals surface area contributed by atoms with Gasteiger partial charge in [-0.25, -0.2) is 0 Å². The van der Waals surface area contributed by atoms with Gasteiger partial charge in [0.15, 0.2) is 11.6 Å². The molecule has 0 bridgehead atoms. The number of aromatic nitrogens is 1. The molecule has 1 aliphatic rings. The molecule has 7 heteroatoms. The summed E-state index contributed by atoms with van der Waals surface area (Å²) in [5.41, 5.74) is 1.54. The zero-order valence-corrected chi connectivity index (χ0v) is 15.5. The topological polar surface area (TPSA) is 92.5 Å². The molecule has 2 aromatic rings. The van der Waals surface area contributed by atoms with Crippen molar-refractivity contribution in [2.45, 2.75) is 45.6 Å². The predicted molar refractivity (Wildman–Crippen MR) is 99.3 cm³/mol. The molecule has 1 aromatic carbocycles. The first-order valence-electron chi connectivity index (χ1n) is 9.08. The first kappa shape index (κ1) is 18.8. The maximum atomic E-state index is 12.6. The first-order chi connectivity index (χ1) is 13.0. The van der Waals surface area contributed by atoms with Gasteiger partial charge >= 0.3 is 0 Å². The quantitative estimate of drug-likeness (QED) is 0.791. The van der Waals surface area contributed by atoms with E-state index in [4.69, 9.17) is 4.52 Å². The Balaban J connectivity index is 1.57. The van der Waals surface area contributed by atoms with Crippen molar-refractivity contribution in [2.75, 3.05) is 11.9 Å². The molecule has 2 heterocycles. The van der Waals surface area contributed by atoms with Crippen molar-refractivity contribution in [3.05, 3.63) is 47.2 Å². The van der Waals surface area contributed by atoms with Crippen LogP contribution in [0.2, 0.25) is 0 Å². The van der Waals surface area contributed by atoms with Crippen molar-refractivity contribution in [3.8, 4) is 0 Å². The van der Waals surface area contributed by atoms with Gasteiger partial charge < -0.3 is 14.7 Å². The number of anilines is 1. The average molecular weight is 369 g/mol. The molecule has 7 nitrogen and oxygen atoms in total. The van der Waals surface area contributed by atoms with Crippen molar-refractivity contribution in [3.63, 3.8) is 0 Å². The van der Waals surface area contributed by atoms with Crippen molar-refractivity contribution in [2.24, 2.45) is 0 Å². The molecule has 1 saturated heterocycles. The number of carbonyl (C=O) groups is 3. The minimum atomic E-state index is -0.539. The largest absolute Gasteiger partial charge is 0.360 e. The number of aryl methyl sites for hydroxylation is 2. The van der Waals surface area contributed by atoms with E-state index in [1.54, 1.807) is 24.0 Å². The fraction of sp³-hybridized carbons (Fsp3) is 0.400. The van der Waals surface area contributed by atoms with E-state index >= 15 is 0 Å². The Hall–Kier alpha value is -2.96. The molecule has 1 aliphatic heterocycles. The lowest BCUT2D eigenvalue weighted by molar-refractivity contribution is -0.136. The lowest BCUT2D eigenvalue weighted by Crippen LogP contribution is -2.43. The van der Waals surface area contributed by atoms with E-state index in [1.807, 2.05) is 25.1 Å². The molecular weight excluding hydrogens is 346 g/mol. The van der Waals surface area contributed by atoms with E-state index in [1.165, 1.54) is 0 Å².